The van der Waals surface area contributed by atoms with Crippen LogP contribution in [0.1, 0.15) is 32.6 Å². The van der Waals surface area contributed by atoms with E-state index in [0.717, 1.165) is 18.5 Å². The normalized spacial score (nSPS) is 10.5. The Morgan fingerprint density at radius 3 is 2.88 bits per heavy atom. The van der Waals surface area contributed by atoms with Gasteiger partial charge in [-0.3, -0.25) is 4.79 Å². The summed E-state index contributed by atoms with van der Waals surface area (Å²) in [5.41, 5.74) is 6.06. The number of hydrogen-bond donors (Lipinski definition) is 2. The summed E-state index contributed by atoms with van der Waals surface area (Å²) in [6.07, 6.45) is 6.25. The third-order valence-corrected chi connectivity index (χ3v) is 2.57. The zero-order chi connectivity index (χ0) is 12.5. The molecule has 17 heavy (non-hydrogen) atoms. The molecular formula is C12H22N4O. The molecule has 0 saturated carbocycles. The largest absolute Gasteiger partial charge is 0.382 e. The molecule has 0 spiro atoms. The molecule has 0 atom stereocenters. The number of aromatic nitrogens is 2. The minimum Gasteiger partial charge on any atom is -0.382 e. The quantitative estimate of drug-likeness (QED) is 0.667. The Hall–Kier alpha value is -1.36. The first-order chi connectivity index (χ1) is 8.27. The van der Waals surface area contributed by atoms with E-state index in [1.54, 1.807) is 12.3 Å². The van der Waals surface area contributed by atoms with Crippen LogP contribution < -0.4 is 16.6 Å². The van der Waals surface area contributed by atoms with Crippen LogP contribution in [0.3, 0.4) is 0 Å². The highest BCUT2D eigenvalue weighted by atomic mass is 16.1. The molecule has 1 aromatic heterocycles. The number of aryl methyl sites for hydroxylation is 1. The third kappa shape index (κ3) is 4.99. The summed E-state index contributed by atoms with van der Waals surface area (Å²) in [5, 5.41) is 7.17. The number of unbranched alkanes of at least 4 members (excludes halogenated alkanes) is 3. The van der Waals surface area contributed by atoms with Gasteiger partial charge in [0.2, 0.25) is 0 Å². The lowest BCUT2D eigenvalue weighted by atomic mass is 10.2. The van der Waals surface area contributed by atoms with Crippen LogP contribution in [0, 0.1) is 0 Å². The molecule has 0 aliphatic carbocycles. The van der Waals surface area contributed by atoms with Crippen LogP contribution >= 0.6 is 0 Å². The molecule has 0 aliphatic heterocycles. The zero-order valence-electron chi connectivity index (χ0n) is 10.5. The number of anilines is 1. The standard InChI is InChI=1S/C12H22N4O/c1-2-3-4-5-8-16-12(17)9-11(10-15-16)14-7-6-13/h9-10,14H,2-8,13H2,1H3. The van der Waals surface area contributed by atoms with Crippen molar-refractivity contribution in [3.05, 3.63) is 22.6 Å². The van der Waals surface area contributed by atoms with Crippen molar-refractivity contribution in [3.8, 4) is 0 Å². The molecule has 5 heteroatoms. The lowest BCUT2D eigenvalue weighted by Crippen LogP contribution is -2.23. The highest BCUT2D eigenvalue weighted by molar-refractivity contribution is 5.38. The summed E-state index contributed by atoms with van der Waals surface area (Å²) in [7, 11) is 0. The molecule has 0 bridgehead atoms. The third-order valence-electron chi connectivity index (χ3n) is 2.57. The van der Waals surface area contributed by atoms with Gasteiger partial charge in [-0.05, 0) is 6.42 Å². The maximum atomic E-state index is 11.7. The molecular weight excluding hydrogens is 216 g/mol. The van der Waals surface area contributed by atoms with Crippen LogP contribution in [0.25, 0.3) is 0 Å². The number of nitrogens with two attached hydrogens (primary N) is 1. The van der Waals surface area contributed by atoms with E-state index in [2.05, 4.69) is 17.3 Å². The van der Waals surface area contributed by atoms with Crippen LogP contribution in [0.15, 0.2) is 17.1 Å². The first-order valence-corrected chi connectivity index (χ1v) is 6.29. The topological polar surface area (TPSA) is 72.9 Å². The van der Waals surface area contributed by atoms with Gasteiger partial charge in [-0.1, -0.05) is 26.2 Å². The maximum absolute atomic E-state index is 11.7. The molecule has 0 amide bonds. The summed E-state index contributed by atoms with van der Waals surface area (Å²) in [6.45, 7) is 4.07. The summed E-state index contributed by atoms with van der Waals surface area (Å²) in [4.78, 5) is 11.7. The van der Waals surface area contributed by atoms with E-state index < -0.39 is 0 Å². The van der Waals surface area contributed by atoms with Crippen molar-refractivity contribution in [3.63, 3.8) is 0 Å². The Balaban J connectivity index is 2.48. The first-order valence-electron chi connectivity index (χ1n) is 6.29. The Labute approximate surface area is 102 Å². The van der Waals surface area contributed by atoms with Crippen molar-refractivity contribution in [2.24, 2.45) is 5.73 Å². The van der Waals surface area contributed by atoms with Crippen LogP contribution in [0.2, 0.25) is 0 Å². The van der Waals surface area contributed by atoms with Crippen molar-refractivity contribution in [2.45, 2.75) is 39.2 Å². The lowest BCUT2D eigenvalue weighted by Gasteiger charge is -2.07. The number of hydrogen-bond acceptors (Lipinski definition) is 4. The predicted molar refractivity (Wildman–Crippen MR) is 70.2 cm³/mol. The van der Waals surface area contributed by atoms with E-state index >= 15 is 0 Å². The molecule has 0 aliphatic rings. The Bertz CT molecular complexity index is 375. The molecule has 0 saturated heterocycles. The summed E-state index contributed by atoms with van der Waals surface area (Å²) < 4.78 is 1.52. The smallest absolute Gasteiger partial charge is 0.268 e. The SMILES string of the molecule is CCCCCCn1ncc(NCCN)cc1=O. The molecule has 0 unspecified atom stereocenters. The van der Waals surface area contributed by atoms with Crippen molar-refractivity contribution < 1.29 is 0 Å². The van der Waals surface area contributed by atoms with Gasteiger partial charge >= 0.3 is 0 Å². The van der Waals surface area contributed by atoms with Gasteiger partial charge in [0.1, 0.15) is 0 Å². The minimum absolute atomic E-state index is 0.0523. The Morgan fingerprint density at radius 2 is 2.24 bits per heavy atom. The fraction of sp³-hybridized carbons (Fsp3) is 0.667. The van der Waals surface area contributed by atoms with E-state index in [4.69, 9.17) is 5.73 Å². The first kappa shape index (κ1) is 13.7. The highest BCUT2D eigenvalue weighted by Gasteiger charge is 1.99. The molecule has 96 valence electrons. The molecule has 5 nitrogen and oxygen atoms in total. The fourth-order valence-electron chi connectivity index (χ4n) is 1.60. The van der Waals surface area contributed by atoms with E-state index in [9.17, 15) is 4.79 Å². The van der Waals surface area contributed by atoms with E-state index in [1.165, 1.54) is 17.5 Å². The molecule has 0 radical (unpaired) electrons. The van der Waals surface area contributed by atoms with Crippen LogP contribution in [-0.2, 0) is 6.54 Å². The molecule has 0 aromatic carbocycles. The van der Waals surface area contributed by atoms with Gasteiger partial charge < -0.3 is 11.1 Å². The molecule has 0 fully saturated rings. The van der Waals surface area contributed by atoms with Gasteiger partial charge in [-0.2, -0.15) is 5.10 Å². The molecule has 1 heterocycles. The average Bonchev–Trinajstić information content (AvgIpc) is 2.34. The second kappa shape index (κ2) is 7.84. The van der Waals surface area contributed by atoms with Crippen LogP contribution in [-0.4, -0.2) is 22.9 Å². The Morgan fingerprint density at radius 1 is 1.41 bits per heavy atom. The predicted octanol–water partition coefficient (Wildman–Crippen LogP) is 1.19. The van der Waals surface area contributed by atoms with Crippen molar-refractivity contribution in [1.82, 2.24) is 9.78 Å². The fourth-order valence-corrected chi connectivity index (χ4v) is 1.60. The zero-order valence-corrected chi connectivity index (χ0v) is 10.5. The average molecular weight is 238 g/mol. The van der Waals surface area contributed by atoms with Gasteiger partial charge in [0, 0.05) is 25.7 Å². The number of nitrogens with zero attached hydrogens (tertiary/aromatic N) is 2. The number of nitrogens with one attached hydrogen (secondary N) is 1. The maximum Gasteiger partial charge on any atom is 0.268 e. The van der Waals surface area contributed by atoms with Crippen molar-refractivity contribution in [2.75, 3.05) is 18.4 Å². The van der Waals surface area contributed by atoms with E-state index in [-0.39, 0.29) is 5.56 Å². The second-order valence-corrected chi connectivity index (χ2v) is 4.08. The highest BCUT2D eigenvalue weighted by Crippen LogP contribution is 2.01. The Kier molecular flexibility index (Phi) is 6.32. The minimum atomic E-state index is -0.0523. The van der Waals surface area contributed by atoms with Crippen LogP contribution in [0.5, 0.6) is 0 Å². The second-order valence-electron chi connectivity index (χ2n) is 4.08. The monoisotopic (exact) mass is 238 g/mol. The molecule has 1 rings (SSSR count). The van der Waals surface area contributed by atoms with E-state index in [0.29, 0.717) is 19.6 Å². The van der Waals surface area contributed by atoms with Gasteiger partial charge in [0.15, 0.2) is 0 Å². The molecule has 3 N–H and O–H groups in total. The van der Waals surface area contributed by atoms with Gasteiger partial charge in [-0.25, -0.2) is 4.68 Å². The van der Waals surface area contributed by atoms with Gasteiger partial charge in [0.05, 0.1) is 11.9 Å². The van der Waals surface area contributed by atoms with Crippen molar-refractivity contribution in [1.29, 1.82) is 0 Å². The summed E-state index contributed by atoms with van der Waals surface area (Å²) >= 11 is 0. The van der Waals surface area contributed by atoms with Crippen molar-refractivity contribution >= 4 is 5.69 Å². The van der Waals surface area contributed by atoms with Crippen LogP contribution in [0.4, 0.5) is 5.69 Å². The summed E-state index contributed by atoms with van der Waals surface area (Å²) in [6, 6.07) is 1.57. The summed E-state index contributed by atoms with van der Waals surface area (Å²) in [5.74, 6) is 0. The van der Waals surface area contributed by atoms with Gasteiger partial charge in [-0.15, -0.1) is 0 Å². The van der Waals surface area contributed by atoms with Gasteiger partial charge in [0.25, 0.3) is 5.56 Å². The lowest BCUT2D eigenvalue weighted by molar-refractivity contribution is 0.519. The number of rotatable bonds is 8. The van der Waals surface area contributed by atoms with E-state index in [1.807, 2.05) is 0 Å². The molecule has 1 aromatic rings.